The van der Waals surface area contributed by atoms with Gasteiger partial charge in [-0.2, -0.15) is 0 Å². The Morgan fingerprint density at radius 1 is 0.767 bits per heavy atom. The quantitative estimate of drug-likeness (QED) is 0.179. The van der Waals surface area contributed by atoms with E-state index in [4.69, 9.17) is 0 Å². The number of carbonyl (C=O) groups is 2. The molecule has 0 aliphatic heterocycles. The lowest BCUT2D eigenvalue weighted by molar-refractivity contribution is -0.140. The molecule has 1 N–H and O–H groups in total. The van der Waals surface area contributed by atoms with E-state index in [2.05, 4.69) is 37.2 Å². The molecular formula is C33H33Br2N3O4S. The monoisotopic (exact) mass is 725 g/mol. The van der Waals surface area contributed by atoms with Gasteiger partial charge in [0.1, 0.15) is 12.6 Å². The second-order valence-electron chi connectivity index (χ2n) is 10.3. The summed E-state index contributed by atoms with van der Waals surface area (Å²) in [6.45, 7) is 3.31. The Hall–Kier alpha value is -3.47. The molecule has 1 atom stereocenters. The number of rotatable bonds is 12. The van der Waals surface area contributed by atoms with Gasteiger partial charge in [0.25, 0.3) is 10.0 Å². The van der Waals surface area contributed by atoms with Crippen LogP contribution < -0.4 is 9.62 Å². The van der Waals surface area contributed by atoms with Crippen LogP contribution in [0.1, 0.15) is 25.0 Å². The van der Waals surface area contributed by atoms with E-state index >= 15 is 0 Å². The summed E-state index contributed by atoms with van der Waals surface area (Å²) in [5.74, 6) is -0.828. The summed E-state index contributed by atoms with van der Waals surface area (Å²) in [5.41, 5.74) is 1.99. The van der Waals surface area contributed by atoms with E-state index in [1.165, 1.54) is 17.0 Å². The smallest absolute Gasteiger partial charge is 0.264 e. The topological polar surface area (TPSA) is 86.8 Å². The Bertz CT molecular complexity index is 1630. The molecule has 2 amide bonds. The zero-order chi connectivity index (χ0) is 31.0. The van der Waals surface area contributed by atoms with Gasteiger partial charge in [0, 0.05) is 28.0 Å². The van der Waals surface area contributed by atoms with E-state index in [1.54, 1.807) is 42.5 Å². The van der Waals surface area contributed by atoms with Gasteiger partial charge in [-0.3, -0.25) is 13.9 Å². The van der Waals surface area contributed by atoms with Crippen molar-refractivity contribution in [2.24, 2.45) is 0 Å². The Morgan fingerprint density at radius 3 is 1.98 bits per heavy atom. The van der Waals surface area contributed by atoms with Gasteiger partial charge in [0.2, 0.25) is 11.8 Å². The third-order valence-corrected chi connectivity index (χ3v) is 9.48. The molecule has 0 aliphatic rings. The van der Waals surface area contributed by atoms with Crippen LogP contribution in [0.3, 0.4) is 0 Å². The summed E-state index contributed by atoms with van der Waals surface area (Å²) < 4.78 is 30.6. The Kier molecular flexibility index (Phi) is 11.2. The van der Waals surface area contributed by atoms with Gasteiger partial charge in [-0.25, -0.2) is 8.42 Å². The molecule has 0 aliphatic carbocycles. The number of nitrogens with one attached hydrogen (secondary N) is 1. The van der Waals surface area contributed by atoms with Crippen LogP contribution in [0.4, 0.5) is 5.69 Å². The molecule has 0 radical (unpaired) electrons. The highest BCUT2D eigenvalue weighted by Crippen LogP contribution is 2.26. The maximum Gasteiger partial charge on any atom is 0.264 e. The maximum atomic E-state index is 14.4. The fourth-order valence-electron chi connectivity index (χ4n) is 4.62. The van der Waals surface area contributed by atoms with Crippen molar-refractivity contribution >= 4 is 59.4 Å². The highest BCUT2D eigenvalue weighted by atomic mass is 79.9. The van der Waals surface area contributed by atoms with Gasteiger partial charge < -0.3 is 10.2 Å². The molecule has 10 heteroatoms. The van der Waals surface area contributed by atoms with Crippen LogP contribution in [0.5, 0.6) is 0 Å². The summed E-state index contributed by atoms with van der Waals surface area (Å²) in [4.78, 5) is 29.7. The minimum atomic E-state index is -4.14. The van der Waals surface area contributed by atoms with E-state index in [0.29, 0.717) is 5.69 Å². The molecule has 0 saturated carbocycles. The van der Waals surface area contributed by atoms with Gasteiger partial charge >= 0.3 is 0 Å². The van der Waals surface area contributed by atoms with Crippen LogP contribution in [0.15, 0.2) is 123 Å². The van der Waals surface area contributed by atoms with Crippen molar-refractivity contribution in [1.29, 1.82) is 0 Å². The van der Waals surface area contributed by atoms with E-state index in [0.717, 1.165) is 24.4 Å². The summed E-state index contributed by atoms with van der Waals surface area (Å²) >= 11 is 6.90. The van der Waals surface area contributed by atoms with Crippen LogP contribution in [-0.4, -0.2) is 43.8 Å². The average molecular weight is 728 g/mol. The second-order valence-corrected chi connectivity index (χ2v) is 14.0. The molecule has 224 valence electrons. The molecule has 0 unspecified atom stereocenters. The van der Waals surface area contributed by atoms with Gasteiger partial charge in [-0.1, -0.05) is 92.5 Å². The summed E-state index contributed by atoms with van der Waals surface area (Å²) in [5, 5.41) is 2.96. The maximum absolute atomic E-state index is 14.4. The highest BCUT2D eigenvalue weighted by Gasteiger charge is 2.34. The van der Waals surface area contributed by atoms with Crippen molar-refractivity contribution < 1.29 is 18.0 Å². The van der Waals surface area contributed by atoms with Gasteiger partial charge in [-0.05, 0) is 73.5 Å². The van der Waals surface area contributed by atoms with Crippen molar-refractivity contribution in [1.82, 2.24) is 10.2 Å². The van der Waals surface area contributed by atoms with Crippen molar-refractivity contribution in [2.75, 3.05) is 10.8 Å². The van der Waals surface area contributed by atoms with Crippen LogP contribution in [-0.2, 0) is 32.6 Å². The fraction of sp³-hybridized carbons (Fsp3) is 0.212. The molecule has 0 saturated heterocycles. The van der Waals surface area contributed by atoms with E-state index in [1.807, 2.05) is 68.4 Å². The minimum absolute atomic E-state index is 0.0580. The van der Waals surface area contributed by atoms with Crippen LogP contribution in [0.2, 0.25) is 0 Å². The first-order valence-corrected chi connectivity index (χ1v) is 16.8. The number of amides is 2. The van der Waals surface area contributed by atoms with Gasteiger partial charge in [0.05, 0.1) is 10.6 Å². The number of halogens is 2. The molecule has 43 heavy (non-hydrogen) atoms. The number of nitrogens with zero attached hydrogens (tertiary/aromatic N) is 2. The minimum Gasteiger partial charge on any atom is -0.352 e. The zero-order valence-electron chi connectivity index (χ0n) is 23.9. The molecule has 0 heterocycles. The molecular weight excluding hydrogens is 694 g/mol. The molecule has 0 spiro atoms. The average Bonchev–Trinajstić information content (AvgIpc) is 2.98. The van der Waals surface area contributed by atoms with Crippen LogP contribution >= 0.6 is 31.9 Å². The fourth-order valence-corrected chi connectivity index (χ4v) is 6.77. The van der Waals surface area contributed by atoms with Crippen molar-refractivity contribution in [3.8, 4) is 0 Å². The zero-order valence-corrected chi connectivity index (χ0v) is 27.8. The largest absolute Gasteiger partial charge is 0.352 e. The summed E-state index contributed by atoms with van der Waals surface area (Å²) in [6, 6.07) is 30.6. The molecule has 0 bridgehead atoms. The van der Waals surface area contributed by atoms with E-state index < -0.39 is 28.5 Å². The lowest BCUT2D eigenvalue weighted by atomic mass is 10.0. The molecule has 0 fully saturated rings. The number of benzene rings is 4. The first-order valence-electron chi connectivity index (χ1n) is 13.8. The first kappa shape index (κ1) is 32.4. The third-order valence-electron chi connectivity index (χ3n) is 6.67. The van der Waals surface area contributed by atoms with Gasteiger partial charge in [-0.15, -0.1) is 0 Å². The Balaban J connectivity index is 1.79. The summed E-state index contributed by atoms with van der Waals surface area (Å²) in [6.07, 6.45) is 0.253. The molecule has 4 aromatic rings. The van der Waals surface area contributed by atoms with Crippen molar-refractivity contribution in [3.63, 3.8) is 0 Å². The standard InChI is InChI=1S/C33H33Br2N3O4S/c1-24(2)36-33(40)31(21-25-10-5-3-6-11-25)37(22-26-12-9-13-28(35)20-26)32(39)23-38(29-18-16-27(34)17-19-29)43(41,42)30-14-7-4-8-15-30/h3-20,24,31H,21-23H2,1-2H3,(H,36,40)/t31-/m0/s1. The number of hydrogen-bond acceptors (Lipinski definition) is 4. The van der Waals surface area contributed by atoms with Crippen LogP contribution in [0.25, 0.3) is 0 Å². The molecule has 4 rings (SSSR count). The normalized spacial score (nSPS) is 12.0. The van der Waals surface area contributed by atoms with Crippen molar-refractivity contribution in [3.05, 3.63) is 129 Å². The number of hydrogen-bond donors (Lipinski definition) is 1. The SMILES string of the molecule is CC(C)NC(=O)[C@H](Cc1ccccc1)N(Cc1cccc(Br)c1)C(=O)CN(c1ccc(Br)cc1)S(=O)(=O)c1ccccc1. The number of anilines is 1. The third kappa shape index (κ3) is 8.78. The van der Waals surface area contributed by atoms with Crippen molar-refractivity contribution in [2.45, 2.75) is 43.8 Å². The predicted octanol–water partition coefficient (Wildman–Crippen LogP) is 6.57. The van der Waals surface area contributed by atoms with Crippen LogP contribution in [0, 0.1) is 0 Å². The highest BCUT2D eigenvalue weighted by molar-refractivity contribution is 9.10. The second kappa shape index (κ2) is 14.8. The molecule has 7 nitrogen and oxygen atoms in total. The first-order chi connectivity index (χ1) is 20.5. The number of carbonyl (C=O) groups excluding carboxylic acids is 2. The predicted molar refractivity (Wildman–Crippen MR) is 177 cm³/mol. The Labute approximate surface area is 270 Å². The Morgan fingerprint density at radius 2 is 1.37 bits per heavy atom. The van der Waals surface area contributed by atoms with E-state index in [9.17, 15) is 18.0 Å². The van der Waals surface area contributed by atoms with Gasteiger partial charge in [0.15, 0.2) is 0 Å². The lowest BCUT2D eigenvalue weighted by Crippen LogP contribution is -2.54. The summed E-state index contributed by atoms with van der Waals surface area (Å²) in [7, 11) is -4.14. The molecule has 0 aromatic heterocycles. The molecule has 4 aromatic carbocycles. The number of sulfonamides is 1. The lowest BCUT2D eigenvalue weighted by Gasteiger charge is -2.34. The van der Waals surface area contributed by atoms with E-state index in [-0.39, 0.29) is 29.8 Å².